The Kier molecular flexibility index (Phi) is 8.44. The number of amides is 2. The normalized spacial score (nSPS) is 17.3. The topological polar surface area (TPSA) is 127 Å². The highest BCUT2D eigenvalue weighted by Gasteiger charge is 2.26. The van der Waals surface area contributed by atoms with Crippen molar-refractivity contribution in [3.63, 3.8) is 0 Å². The van der Waals surface area contributed by atoms with Crippen LogP contribution in [-0.4, -0.2) is 81.5 Å². The highest BCUT2D eigenvalue weighted by Crippen LogP contribution is 2.22. The summed E-state index contributed by atoms with van der Waals surface area (Å²) in [6.45, 7) is 6.23. The number of non-ortho nitro benzene ring substituents is 1. The van der Waals surface area contributed by atoms with Crippen LogP contribution in [0.1, 0.15) is 48.3 Å². The van der Waals surface area contributed by atoms with Gasteiger partial charge in [-0.3, -0.25) is 19.7 Å². The fraction of sp³-hybridized carbons (Fsp3) is 0.464. The molecule has 2 saturated heterocycles. The maximum absolute atomic E-state index is 13.1. The van der Waals surface area contributed by atoms with Gasteiger partial charge in [-0.05, 0) is 37.1 Å². The highest BCUT2D eigenvalue weighted by atomic mass is 16.6. The molecule has 212 valence electrons. The molecule has 4 heterocycles. The Morgan fingerprint density at radius 2 is 1.93 bits per heavy atom. The molecule has 2 fully saturated rings. The molecular weight excluding hydrogens is 516 g/mol. The fourth-order valence-corrected chi connectivity index (χ4v) is 5.20. The maximum Gasteiger partial charge on any atom is 0.275 e. The molecule has 2 amide bonds. The third kappa shape index (κ3) is 6.33. The minimum Gasteiger partial charge on any atom is -0.446 e. The molecule has 12 heteroatoms. The average molecular weight is 551 g/mol. The van der Waals surface area contributed by atoms with Gasteiger partial charge in [0.25, 0.3) is 11.6 Å². The number of carbonyl (C=O) groups excluding carboxylic acids is 2. The number of hydrogen-bond donors (Lipinski definition) is 0. The van der Waals surface area contributed by atoms with Crippen LogP contribution in [0.2, 0.25) is 0 Å². The van der Waals surface area contributed by atoms with Gasteiger partial charge in [0.05, 0.1) is 24.1 Å². The van der Waals surface area contributed by atoms with E-state index in [9.17, 15) is 19.7 Å². The van der Waals surface area contributed by atoms with Gasteiger partial charge < -0.3 is 28.4 Å². The summed E-state index contributed by atoms with van der Waals surface area (Å²) >= 11 is 0. The number of rotatable bonds is 10. The van der Waals surface area contributed by atoms with Gasteiger partial charge in [0.15, 0.2) is 5.69 Å². The van der Waals surface area contributed by atoms with E-state index in [1.165, 1.54) is 18.4 Å². The van der Waals surface area contributed by atoms with Crippen molar-refractivity contribution in [3.8, 4) is 0 Å². The number of piperazine rings is 1. The number of hydrogen-bond acceptors (Lipinski definition) is 8. The lowest BCUT2D eigenvalue weighted by atomic mass is 10.2. The van der Waals surface area contributed by atoms with Crippen molar-refractivity contribution in [2.24, 2.45) is 0 Å². The van der Waals surface area contributed by atoms with E-state index < -0.39 is 4.92 Å². The largest absolute Gasteiger partial charge is 0.446 e. The zero-order valence-electron chi connectivity index (χ0n) is 22.6. The number of anilines is 1. The van der Waals surface area contributed by atoms with Gasteiger partial charge in [0, 0.05) is 75.5 Å². The summed E-state index contributed by atoms with van der Waals surface area (Å²) in [7, 11) is 0. The molecule has 1 unspecified atom stereocenters. The van der Waals surface area contributed by atoms with Crippen molar-refractivity contribution in [2.75, 3.05) is 44.2 Å². The molecule has 2 aliphatic rings. The summed E-state index contributed by atoms with van der Waals surface area (Å²) in [6, 6.07) is 10.3. The van der Waals surface area contributed by atoms with Crippen molar-refractivity contribution >= 4 is 23.2 Å². The number of oxazole rings is 1. The second-order valence-corrected chi connectivity index (χ2v) is 10.1. The van der Waals surface area contributed by atoms with E-state index in [1.54, 1.807) is 17.0 Å². The Balaban J connectivity index is 1.17. The van der Waals surface area contributed by atoms with Crippen LogP contribution in [-0.2, 0) is 22.6 Å². The molecule has 5 rings (SSSR count). The van der Waals surface area contributed by atoms with Gasteiger partial charge in [0.1, 0.15) is 6.26 Å². The number of ether oxygens (including phenoxy) is 1. The van der Waals surface area contributed by atoms with Gasteiger partial charge in [-0.15, -0.1) is 0 Å². The third-order valence-corrected chi connectivity index (χ3v) is 7.45. The molecule has 2 aliphatic heterocycles. The zero-order valence-corrected chi connectivity index (χ0v) is 22.6. The second-order valence-electron chi connectivity index (χ2n) is 10.1. The van der Waals surface area contributed by atoms with E-state index in [4.69, 9.17) is 9.15 Å². The van der Waals surface area contributed by atoms with Crippen molar-refractivity contribution in [1.82, 2.24) is 19.4 Å². The SMILES string of the molecule is CCC(=O)N(Cc1cccn1Cc1nc(C(=O)N2CCN(c3ccc([N+](=O)[O-])cc3)CC2)co1)CC1CCCO1. The van der Waals surface area contributed by atoms with Crippen LogP contribution in [0.4, 0.5) is 11.4 Å². The standard InChI is InChI=1S/C28H34N6O6/c1-2-27(35)33(18-24-6-4-16-39-24)17-23-5-3-11-32(23)19-26-29-25(20-40-26)28(36)31-14-12-30(13-15-31)21-7-9-22(10-8-21)34(37)38/h3,5,7-11,20,24H,2,4,6,12-19H2,1H3. The van der Waals surface area contributed by atoms with E-state index in [-0.39, 0.29) is 29.3 Å². The minimum atomic E-state index is -0.418. The second kappa shape index (κ2) is 12.3. The van der Waals surface area contributed by atoms with E-state index >= 15 is 0 Å². The van der Waals surface area contributed by atoms with Crippen LogP contribution in [0.25, 0.3) is 0 Å². The number of benzene rings is 1. The molecule has 3 aromatic rings. The summed E-state index contributed by atoms with van der Waals surface area (Å²) < 4.78 is 13.4. The summed E-state index contributed by atoms with van der Waals surface area (Å²) in [4.78, 5) is 46.4. The number of carbonyl (C=O) groups is 2. The number of nitro groups is 1. The molecule has 0 bridgehead atoms. The molecule has 0 saturated carbocycles. The van der Waals surface area contributed by atoms with Gasteiger partial charge in [0.2, 0.25) is 11.8 Å². The lowest BCUT2D eigenvalue weighted by Gasteiger charge is -2.35. The highest BCUT2D eigenvalue weighted by molar-refractivity contribution is 5.92. The van der Waals surface area contributed by atoms with Crippen LogP contribution < -0.4 is 4.90 Å². The molecule has 0 spiro atoms. The lowest BCUT2D eigenvalue weighted by Crippen LogP contribution is -2.48. The Hall–Kier alpha value is -4.19. The maximum atomic E-state index is 13.1. The molecule has 1 atom stereocenters. The minimum absolute atomic E-state index is 0.0527. The molecule has 0 aliphatic carbocycles. The molecule has 0 N–H and O–H groups in total. The number of nitrogens with zero attached hydrogens (tertiary/aromatic N) is 6. The predicted molar refractivity (Wildman–Crippen MR) is 146 cm³/mol. The van der Waals surface area contributed by atoms with Crippen LogP contribution in [0.5, 0.6) is 0 Å². The Labute approximate surface area is 232 Å². The smallest absolute Gasteiger partial charge is 0.275 e. The first-order valence-electron chi connectivity index (χ1n) is 13.7. The van der Waals surface area contributed by atoms with Gasteiger partial charge in [-0.1, -0.05) is 6.92 Å². The first kappa shape index (κ1) is 27.4. The third-order valence-electron chi connectivity index (χ3n) is 7.45. The Bertz CT molecular complexity index is 1320. The molecule has 0 radical (unpaired) electrons. The van der Waals surface area contributed by atoms with E-state index in [1.807, 2.05) is 34.7 Å². The Morgan fingerprint density at radius 3 is 2.60 bits per heavy atom. The number of aromatic nitrogens is 2. The quantitative estimate of drug-likeness (QED) is 0.278. The van der Waals surface area contributed by atoms with Crippen molar-refractivity contribution < 1.29 is 23.7 Å². The molecular formula is C28H34N6O6. The van der Waals surface area contributed by atoms with E-state index in [2.05, 4.69) is 9.88 Å². The average Bonchev–Trinajstić information content (AvgIpc) is 3.76. The van der Waals surface area contributed by atoms with Crippen LogP contribution in [0.3, 0.4) is 0 Å². The first-order chi connectivity index (χ1) is 19.4. The molecule has 1 aromatic carbocycles. The molecule has 2 aromatic heterocycles. The van der Waals surface area contributed by atoms with Gasteiger partial charge in [-0.25, -0.2) is 4.98 Å². The van der Waals surface area contributed by atoms with Crippen molar-refractivity contribution in [3.05, 3.63) is 76.3 Å². The summed E-state index contributed by atoms with van der Waals surface area (Å²) in [5, 5.41) is 10.9. The molecule has 12 nitrogen and oxygen atoms in total. The van der Waals surface area contributed by atoms with E-state index in [0.29, 0.717) is 58.1 Å². The van der Waals surface area contributed by atoms with Crippen LogP contribution >= 0.6 is 0 Å². The number of nitro benzene ring substituents is 1. The Morgan fingerprint density at radius 1 is 1.15 bits per heavy atom. The summed E-state index contributed by atoms with van der Waals surface area (Å²) in [5.41, 5.74) is 2.15. The van der Waals surface area contributed by atoms with Crippen LogP contribution in [0, 0.1) is 10.1 Å². The van der Waals surface area contributed by atoms with Gasteiger partial charge in [-0.2, -0.15) is 0 Å². The fourth-order valence-electron chi connectivity index (χ4n) is 5.20. The van der Waals surface area contributed by atoms with Crippen molar-refractivity contribution in [1.29, 1.82) is 0 Å². The van der Waals surface area contributed by atoms with E-state index in [0.717, 1.165) is 30.8 Å². The first-order valence-corrected chi connectivity index (χ1v) is 13.7. The monoisotopic (exact) mass is 550 g/mol. The molecule has 40 heavy (non-hydrogen) atoms. The van der Waals surface area contributed by atoms with Crippen molar-refractivity contribution in [2.45, 2.75) is 45.4 Å². The predicted octanol–water partition coefficient (Wildman–Crippen LogP) is 3.31. The van der Waals surface area contributed by atoms with Gasteiger partial charge >= 0.3 is 0 Å². The summed E-state index contributed by atoms with van der Waals surface area (Å²) in [6.07, 6.45) is 5.81. The van der Waals surface area contributed by atoms with Crippen LogP contribution in [0.15, 0.2) is 53.3 Å². The summed E-state index contributed by atoms with van der Waals surface area (Å²) in [5.74, 6) is 0.307. The lowest BCUT2D eigenvalue weighted by molar-refractivity contribution is -0.384. The zero-order chi connectivity index (χ0) is 28.1.